The molecule has 20 heavy (non-hydrogen) atoms. The third-order valence-corrected chi connectivity index (χ3v) is 3.79. The number of nitrogens with zero attached hydrogens (tertiary/aromatic N) is 2. The smallest absolute Gasteiger partial charge is 0.309 e. The largest absolute Gasteiger partial charge is 0.469 e. The molecular weight excluding hydrogens is 266 g/mol. The van der Waals surface area contributed by atoms with Crippen LogP contribution >= 0.6 is 0 Å². The number of hydrogen-bond acceptors (Lipinski definition) is 4. The van der Waals surface area contributed by atoms with Gasteiger partial charge in [-0.05, 0) is 18.9 Å². The van der Waals surface area contributed by atoms with E-state index in [4.69, 9.17) is 4.74 Å². The Kier molecular flexibility index (Phi) is 4.65. The number of carbonyl (C=O) groups is 1. The fraction of sp³-hybridized carbons (Fsp3) is 0.571. The van der Waals surface area contributed by atoms with Crippen molar-refractivity contribution in [2.75, 3.05) is 20.2 Å². The van der Waals surface area contributed by atoms with Gasteiger partial charge in [-0.15, -0.1) is 0 Å². The van der Waals surface area contributed by atoms with Crippen molar-refractivity contribution in [3.05, 3.63) is 29.6 Å². The predicted molar refractivity (Wildman–Crippen MR) is 68.7 cm³/mol. The van der Waals surface area contributed by atoms with Crippen LogP contribution in [0.1, 0.15) is 18.9 Å². The van der Waals surface area contributed by atoms with Gasteiger partial charge >= 0.3 is 5.97 Å². The van der Waals surface area contributed by atoms with Crippen LogP contribution in [-0.2, 0) is 16.1 Å². The maximum Gasteiger partial charge on any atom is 0.309 e. The lowest BCUT2D eigenvalue weighted by Gasteiger charge is -2.35. The molecule has 0 N–H and O–H groups in total. The highest BCUT2D eigenvalue weighted by Gasteiger charge is 2.32. The minimum Gasteiger partial charge on any atom is -0.469 e. The monoisotopic (exact) mass is 284 g/mol. The van der Waals surface area contributed by atoms with Crippen LogP contribution in [0.3, 0.4) is 0 Å². The Hall–Kier alpha value is -1.56. The SMILES string of the molecule is COC(=O)[C@@H]1CCN(Cc2cc(F)ncc2F)C[C@@H]1C. The Morgan fingerprint density at radius 3 is 2.95 bits per heavy atom. The highest BCUT2D eigenvalue weighted by Crippen LogP contribution is 2.25. The van der Waals surface area contributed by atoms with Crippen molar-refractivity contribution in [2.45, 2.75) is 19.9 Å². The lowest BCUT2D eigenvalue weighted by atomic mass is 9.87. The lowest BCUT2D eigenvalue weighted by Crippen LogP contribution is -2.42. The van der Waals surface area contributed by atoms with Gasteiger partial charge in [-0.2, -0.15) is 4.39 Å². The number of carbonyl (C=O) groups excluding carboxylic acids is 1. The van der Waals surface area contributed by atoms with Crippen LogP contribution < -0.4 is 0 Å². The molecule has 6 heteroatoms. The molecule has 1 aromatic rings. The van der Waals surface area contributed by atoms with Crippen LogP contribution in [0, 0.1) is 23.6 Å². The molecule has 0 spiro atoms. The normalized spacial score (nSPS) is 23.6. The number of piperidine rings is 1. The molecule has 0 bridgehead atoms. The molecule has 4 nitrogen and oxygen atoms in total. The standard InChI is InChI=1S/C14H18F2N2O2/c1-9-7-18(4-3-11(9)14(19)20-2)8-10-5-13(16)17-6-12(10)15/h5-6,9,11H,3-4,7-8H2,1-2H3/t9-,11+/m0/s1. The summed E-state index contributed by atoms with van der Waals surface area (Å²) in [6.07, 6.45) is 1.57. The van der Waals surface area contributed by atoms with Crippen LogP contribution in [0.25, 0.3) is 0 Å². The molecule has 1 saturated heterocycles. The highest BCUT2D eigenvalue weighted by atomic mass is 19.1. The zero-order valence-electron chi connectivity index (χ0n) is 11.6. The molecular formula is C14H18F2N2O2. The topological polar surface area (TPSA) is 42.4 Å². The van der Waals surface area contributed by atoms with E-state index in [2.05, 4.69) is 4.98 Å². The van der Waals surface area contributed by atoms with Crippen molar-refractivity contribution in [3.63, 3.8) is 0 Å². The van der Waals surface area contributed by atoms with Crippen molar-refractivity contribution < 1.29 is 18.3 Å². The first-order valence-electron chi connectivity index (χ1n) is 6.61. The average molecular weight is 284 g/mol. The Morgan fingerprint density at radius 1 is 1.55 bits per heavy atom. The lowest BCUT2D eigenvalue weighted by molar-refractivity contribution is -0.149. The number of likely N-dealkylation sites (tertiary alicyclic amines) is 1. The Labute approximate surface area is 116 Å². The number of esters is 1. The number of aromatic nitrogens is 1. The molecule has 0 amide bonds. The molecule has 0 aliphatic carbocycles. The van der Waals surface area contributed by atoms with Crippen LogP contribution in [0.5, 0.6) is 0 Å². The summed E-state index contributed by atoms with van der Waals surface area (Å²) in [5.41, 5.74) is 0.293. The summed E-state index contributed by atoms with van der Waals surface area (Å²) < 4.78 is 31.4. The molecule has 1 fully saturated rings. The number of halogens is 2. The van der Waals surface area contributed by atoms with Crippen LogP contribution in [0.15, 0.2) is 12.3 Å². The molecule has 1 aliphatic rings. The van der Waals surface area contributed by atoms with E-state index in [1.807, 2.05) is 11.8 Å². The molecule has 2 atom stereocenters. The molecule has 2 rings (SSSR count). The van der Waals surface area contributed by atoms with E-state index in [9.17, 15) is 13.6 Å². The number of pyridine rings is 1. The second kappa shape index (κ2) is 6.26. The summed E-state index contributed by atoms with van der Waals surface area (Å²) in [7, 11) is 1.39. The first-order valence-corrected chi connectivity index (χ1v) is 6.61. The summed E-state index contributed by atoms with van der Waals surface area (Å²) in [5, 5.41) is 0. The number of rotatable bonds is 3. The summed E-state index contributed by atoms with van der Waals surface area (Å²) in [6.45, 7) is 3.61. The minimum absolute atomic E-state index is 0.115. The van der Waals surface area contributed by atoms with Crippen molar-refractivity contribution in [2.24, 2.45) is 11.8 Å². The van der Waals surface area contributed by atoms with Gasteiger partial charge in [0.2, 0.25) is 5.95 Å². The Morgan fingerprint density at radius 2 is 2.30 bits per heavy atom. The maximum absolute atomic E-state index is 13.6. The minimum atomic E-state index is -0.682. The van der Waals surface area contributed by atoms with Gasteiger partial charge in [-0.3, -0.25) is 9.69 Å². The average Bonchev–Trinajstić information content (AvgIpc) is 2.42. The molecule has 1 aromatic heterocycles. The molecule has 110 valence electrons. The van der Waals surface area contributed by atoms with Crippen molar-refractivity contribution in [1.29, 1.82) is 0 Å². The van der Waals surface area contributed by atoms with E-state index < -0.39 is 11.8 Å². The zero-order valence-corrected chi connectivity index (χ0v) is 11.6. The first kappa shape index (κ1) is 14.8. The number of methoxy groups -OCH3 is 1. The summed E-state index contributed by atoms with van der Waals surface area (Å²) >= 11 is 0. The van der Waals surface area contributed by atoms with Crippen LogP contribution in [0.4, 0.5) is 8.78 Å². The van der Waals surface area contributed by atoms with E-state index in [0.717, 1.165) is 12.3 Å². The molecule has 0 radical (unpaired) electrons. The van der Waals surface area contributed by atoms with Gasteiger partial charge in [0, 0.05) is 24.7 Å². The van der Waals surface area contributed by atoms with Gasteiger partial charge in [-0.1, -0.05) is 6.92 Å². The molecule has 0 saturated carbocycles. The van der Waals surface area contributed by atoms with Crippen molar-refractivity contribution >= 4 is 5.97 Å². The van der Waals surface area contributed by atoms with Crippen LogP contribution in [0.2, 0.25) is 0 Å². The van der Waals surface area contributed by atoms with Crippen molar-refractivity contribution in [1.82, 2.24) is 9.88 Å². The van der Waals surface area contributed by atoms with Gasteiger partial charge in [0.25, 0.3) is 0 Å². The Balaban J connectivity index is 1.99. The van der Waals surface area contributed by atoms with Gasteiger partial charge in [0.05, 0.1) is 19.2 Å². The predicted octanol–water partition coefficient (Wildman–Crippen LogP) is 1.99. The summed E-state index contributed by atoms with van der Waals surface area (Å²) in [6, 6.07) is 1.12. The second-order valence-corrected chi connectivity index (χ2v) is 5.23. The van der Waals surface area contributed by atoms with Gasteiger partial charge in [0.15, 0.2) is 0 Å². The highest BCUT2D eigenvalue weighted by molar-refractivity contribution is 5.72. The van der Waals surface area contributed by atoms with Gasteiger partial charge in [0.1, 0.15) is 5.82 Å². The van der Waals surface area contributed by atoms with E-state index in [-0.39, 0.29) is 17.8 Å². The summed E-state index contributed by atoms with van der Waals surface area (Å²) in [5.74, 6) is -1.37. The first-order chi connectivity index (χ1) is 9.51. The second-order valence-electron chi connectivity index (χ2n) is 5.23. The number of ether oxygens (including phenoxy) is 1. The molecule has 1 aliphatic heterocycles. The molecule has 0 aromatic carbocycles. The Bertz CT molecular complexity index is 496. The van der Waals surface area contributed by atoms with Crippen molar-refractivity contribution in [3.8, 4) is 0 Å². The fourth-order valence-corrected chi connectivity index (χ4v) is 2.69. The van der Waals surface area contributed by atoms with Gasteiger partial charge < -0.3 is 4.74 Å². The van der Waals surface area contributed by atoms with Gasteiger partial charge in [-0.25, -0.2) is 9.37 Å². The quantitative estimate of drug-likeness (QED) is 0.629. The maximum atomic E-state index is 13.6. The molecule has 2 heterocycles. The van der Waals surface area contributed by atoms with Crippen LogP contribution in [-0.4, -0.2) is 36.1 Å². The van der Waals surface area contributed by atoms with E-state index in [1.54, 1.807) is 0 Å². The third kappa shape index (κ3) is 3.30. The van der Waals surface area contributed by atoms with E-state index in [0.29, 0.717) is 31.6 Å². The fourth-order valence-electron chi connectivity index (χ4n) is 2.69. The van der Waals surface area contributed by atoms with E-state index in [1.165, 1.54) is 7.11 Å². The van der Waals surface area contributed by atoms with E-state index >= 15 is 0 Å². The number of hydrogen-bond donors (Lipinski definition) is 0. The third-order valence-electron chi connectivity index (χ3n) is 3.79. The summed E-state index contributed by atoms with van der Waals surface area (Å²) in [4.78, 5) is 16.9. The zero-order chi connectivity index (χ0) is 14.7. The molecule has 0 unspecified atom stereocenters.